The fourth-order valence-electron chi connectivity index (χ4n) is 2.94. The van der Waals surface area contributed by atoms with Gasteiger partial charge in [-0.25, -0.2) is 0 Å². The number of nitrogens with one attached hydrogen (secondary N) is 1. The van der Waals surface area contributed by atoms with Crippen LogP contribution in [0.15, 0.2) is 30.3 Å². The van der Waals surface area contributed by atoms with Crippen LogP contribution in [0, 0.1) is 11.8 Å². The molecule has 1 saturated carbocycles. The average molecular weight is 274 g/mol. The van der Waals surface area contributed by atoms with Crippen molar-refractivity contribution in [3.8, 4) is 0 Å². The molecule has 0 heterocycles. The van der Waals surface area contributed by atoms with Gasteiger partial charge in [-0.15, -0.1) is 0 Å². The maximum absolute atomic E-state index is 12.5. The molecule has 0 radical (unpaired) electrons. The third-order valence-corrected chi connectivity index (χ3v) is 4.60. The van der Waals surface area contributed by atoms with Crippen LogP contribution < -0.4 is 11.1 Å². The number of nitrogens with two attached hydrogens (primary N) is 1. The fraction of sp³-hybridized carbons (Fsp3) is 0.588. The van der Waals surface area contributed by atoms with Gasteiger partial charge >= 0.3 is 0 Å². The van der Waals surface area contributed by atoms with Crippen LogP contribution in [0.3, 0.4) is 0 Å². The summed E-state index contributed by atoms with van der Waals surface area (Å²) in [6.07, 6.45) is 4.32. The van der Waals surface area contributed by atoms with E-state index in [-0.39, 0.29) is 11.8 Å². The zero-order chi connectivity index (χ0) is 14.6. The smallest absolute Gasteiger partial charge is 0.223 e. The largest absolute Gasteiger partial charge is 0.345 e. The molecule has 0 aromatic heterocycles. The standard InChI is InChI=1S/C17H26N2O/c1-13-8-10-14(11-9-13)16(20)19-17(2,12-18)15-6-4-3-5-7-15/h3-7,13-14H,8-12,18H2,1-2H3,(H,19,20). The lowest BCUT2D eigenvalue weighted by Gasteiger charge is -2.33. The summed E-state index contributed by atoms with van der Waals surface area (Å²) in [5.41, 5.74) is 6.52. The van der Waals surface area contributed by atoms with Gasteiger partial charge in [0, 0.05) is 12.5 Å². The highest BCUT2D eigenvalue weighted by molar-refractivity contribution is 5.79. The molecule has 1 aromatic carbocycles. The van der Waals surface area contributed by atoms with E-state index in [9.17, 15) is 4.79 Å². The highest BCUT2D eigenvalue weighted by Gasteiger charge is 2.31. The molecule has 0 saturated heterocycles. The van der Waals surface area contributed by atoms with Gasteiger partial charge in [-0.2, -0.15) is 0 Å². The lowest BCUT2D eigenvalue weighted by molar-refractivity contribution is -0.128. The highest BCUT2D eigenvalue weighted by Crippen LogP contribution is 2.29. The zero-order valence-corrected chi connectivity index (χ0v) is 12.6. The molecule has 1 atom stereocenters. The fourth-order valence-corrected chi connectivity index (χ4v) is 2.94. The quantitative estimate of drug-likeness (QED) is 0.887. The summed E-state index contributed by atoms with van der Waals surface area (Å²) in [6, 6.07) is 9.99. The Balaban J connectivity index is 2.04. The van der Waals surface area contributed by atoms with Gasteiger partial charge in [0.05, 0.1) is 5.54 Å². The van der Waals surface area contributed by atoms with Crippen LogP contribution in [0.5, 0.6) is 0 Å². The molecule has 0 bridgehead atoms. The minimum atomic E-state index is -0.471. The Bertz CT molecular complexity index is 438. The Morgan fingerprint density at radius 2 is 1.85 bits per heavy atom. The van der Waals surface area contributed by atoms with Gasteiger partial charge in [0.25, 0.3) is 0 Å². The molecule has 110 valence electrons. The van der Waals surface area contributed by atoms with E-state index in [4.69, 9.17) is 5.73 Å². The summed E-state index contributed by atoms with van der Waals surface area (Å²) < 4.78 is 0. The van der Waals surface area contributed by atoms with Crippen LogP contribution in [0.25, 0.3) is 0 Å². The van der Waals surface area contributed by atoms with E-state index >= 15 is 0 Å². The lowest BCUT2D eigenvalue weighted by atomic mass is 9.81. The van der Waals surface area contributed by atoms with Gasteiger partial charge in [-0.1, -0.05) is 37.3 Å². The van der Waals surface area contributed by atoms with E-state index in [2.05, 4.69) is 12.2 Å². The van der Waals surface area contributed by atoms with Gasteiger partial charge in [0.2, 0.25) is 5.91 Å². The topological polar surface area (TPSA) is 55.1 Å². The molecular weight excluding hydrogens is 248 g/mol. The summed E-state index contributed by atoms with van der Waals surface area (Å²) in [5, 5.41) is 3.18. The highest BCUT2D eigenvalue weighted by atomic mass is 16.2. The van der Waals surface area contributed by atoms with E-state index in [1.54, 1.807) is 0 Å². The van der Waals surface area contributed by atoms with Crippen LogP contribution in [-0.2, 0) is 10.3 Å². The Labute approximate surface area is 121 Å². The monoisotopic (exact) mass is 274 g/mol. The third kappa shape index (κ3) is 3.40. The maximum atomic E-state index is 12.5. The van der Waals surface area contributed by atoms with Gasteiger partial charge in [0.1, 0.15) is 0 Å². The van der Waals surface area contributed by atoms with Crippen molar-refractivity contribution in [2.24, 2.45) is 17.6 Å². The molecule has 1 aliphatic rings. The summed E-state index contributed by atoms with van der Waals surface area (Å²) >= 11 is 0. The minimum absolute atomic E-state index is 0.154. The number of hydrogen-bond donors (Lipinski definition) is 2. The summed E-state index contributed by atoms with van der Waals surface area (Å²) in [4.78, 5) is 12.5. The number of benzene rings is 1. The number of carbonyl (C=O) groups excluding carboxylic acids is 1. The molecule has 2 rings (SSSR count). The summed E-state index contributed by atoms with van der Waals surface area (Å²) in [5.74, 6) is 1.07. The van der Waals surface area contributed by atoms with Gasteiger partial charge in [-0.05, 0) is 44.1 Å². The second-order valence-electron chi connectivity index (χ2n) is 6.35. The van der Waals surface area contributed by atoms with Gasteiger partial charge in [0.15, 0.2) is 0 Å². The number of amides is 1. The van der Waals surface area contributed by atoms with Crippen molar-refractivity contribution in [3.63, 3.8) is 0 Å². The first kappa shape index (κ1) is 15.0. The Hall–Kier alpha value is -1.35. The van der Waals surface area contributed by atoms with Crippen molar-refractivity contribution in [1.29, 1.82) is 0 Å². The SMILES string of the molecule is CC1CCC(C(=O)NC(C)(CN)c2ccccc2)CC1. The van der Waals surface area contributed by atoms with E-state index in [1.165, 1.54) is 0 Å². The van der Waals surface area contributed by atoms with Gasteiger partial charge in [-0.3, -0.25) is 4.79 Å². The van der Waals surface area contributed by atoms with Crippen LogP contribution in [0.2, 0.25) is 0 Å². The molecule has 1 unspecified atom stereocenters. The van der Waals surface area contributed by atoms with Crippen molar-refractivity contribution in [2.75, 3.05) is 6.54 Å². The molecular formula is C17H26N2O. The van der Waals surface area contributed by atoms with E-state index in [0.717, 1.165) is 37.2 Å². The van der Waals surface area contributed by atoms with Crippen LogP contribution >= 0.6 is 0 Å². The van der Waals surface area contributed by atoms with Crippen LogP contribution in [-0.4, -0.2) is 12.5 Å². The van der Waals surface area contributed by atoms with Gasteiger partial charge < -0.3 is 11.1 Å². The number of rotatable bonds is 4. The summed E-state index contributed by atoms with van der Waals surface area (Å²) in [6.45, 7) is 4.68. The molecule has 0 aliphatic heterocycles. The number of hydrogen-bond acceptors (Lipinski definition) is 2. The zero-order valence-electron chi connectivity index (χ0n) is 12.6. The van der Waals surface area contributed by atoms with E-state index in [0.29, 0.717) is 6.54 Å². The first-order valence-corrected chi connectivity index (χ1v) is 7.63. The maximum Gasteiger partial charge on any atom is 0.223 e. The molecule has 3 heteroatoms. The molecule has 1 aliphatic carbocycles. The van der Waals surface area contributed by atoms with Crippen molar-refractivity contribution < 1.29 is 4.79 Å². The van der Waals surface area contributed by atoms with Crippen molar-refractivity contribution in [1.82, 2.24) is 5.32 Å². The minimum Gasteiger partial charge on any atom is -0.345 e. The Kier molecular flexibility index (Phi) is 4.81. The average Bonchev–Trinajstić information content (AvgIpc) is 2.48. The Morgan fingerprint density at radius 3 is 2.40 bits per heavy atom. The first-order valence-electron chi connectivity index (χ1n) is 7.63. The van der Waals surface area contributed by atoms with Crippen molar-refractivity contribution in [3.05, 3.63) is 35.9 Å². The second kappa shape index (κ2) is 6.40. The molecule has 3 nitrogen and oxygen atoms in total. The molecule has 0 spiro atoms. The second-order valence-corrected chi connectivity index (χ2v) is 6.35. The molecule has 20 heavy (non-hydrogen) atoms. The lowest BCUT2D eigenvalue weighted by Crippen LogP contribution is -2.51. The normalized spacial score (nSPS) is 25.8. The molecule has 1 aromatic rings. The molecule has 3 N–H and O–H groups in total. The van der Waals surface area contributed by atoms with Crippen LogP contribution in [0.4, 0.5) is 0 Å². The van der Waals surface area contributed by atoms with Crippen molar-refractivity contribution in [2.45, 2.75) is 45.1 Å². The predicted molar refractivity (Wildman–Crippen MR) is 82.1 cm³/mol. The molecule has 1 amide bonds. The third-order valence-electron chi connectivity index (χ3n) is 4.60. The first-order chi connectivity index (χ1) is 9.55. The van der Waals surface area contributed by atoms with E-state index in [1.807, 2.05) is 37.3 Å². The number of carbonyl (C=O) groups is 1. The van der Waals surface area contributed by atoms with Crippen molar-refractivity contribution >= 4 is 5.91 Å². The van der Waals surface area contributed by atoms with Crippen LogP contribution in [0.1, 0.15) is 45.1 Å². The predicted octanol–water partition coefficient (Wildman–Crippen LogP) is 2.80. The Morgan fingerprint density at radius 1 is 1.25 bits per heavy atom. The summed E-state index contributed by atoms with van der Waals surface area (Å²) in [7, 11) is 0. The van der Waals surface area contributed by atoms with E-state index < -0.39 is 5.54 Å². The molecule has 1 fully saturated rings.